The van der Waals surface area contributed by atoms with Gasteiger partial charge in [-0.2, -0.15) is 0 Å². The molecule has 0 saturated heterocycles. The second kappa shape index (κ2) is 57.7. The lowest BCUT2D eigenvalue weighted by Crippen LogP contribution is -2.53. The Balaban J connectivity index is 3.62. The summed E-state index contributed by atoms with van der Waals surface area (Å²) in [6.45, 7) is 4.09. The molecule has 0 aromatic rings. The molecule has 0 aromatic heterocycles. The lowest BCUT2D eigenvalue weighted by Gasteiger charge is -2.27. The van der Waals surface area contributed by atoms with Crippen molar-refractivity contribution in [1.82, 2.24) is 5.32 Å². The van der Waals surface area contributed by atoms with Gasteiger partial charge in [-0.3, -0.25) is 4.79 Å². The summed E-state index contributed by atoms with van der Waals surface area (Å²) in [5.41, 5.74) is 0. The van der Waals surface area contributed by atoms with Crippen LogP contribution in [0.2, 0.25) is 0 Å². The van der Waals surface area contributed by atoms with Crippen molar-refractivity contribution in [1.29, 1.82) is 0 Å². The van der Waals surface area contributed by atoms with E-state index >= 15 is 0 Å². The van der Waals surface area contributed by atoms with E-state index in [1.165, 1.54) is 270 Å². The van der Waals surface area contributed by atoms with Gasteiger partial charge in [-0.05, 0) is 51.4 Å². The predicted molar refractivity (Wildman–Crippen MR) is 302 cm³/mol. The number of nitrogens with one attached hydrogen (secondary N) is 1. The first-order valence-corrected chi connectivity index (χ1v) is 31.2. The number of allylic oxidation sites excluding steroid dienone is 4. The smallest absolute Gasteiger partial charge is 0.249 e. The second-order valence-electron chi connectivity index (χ2n) is 21.7. The Morgan fingerprint density at radius 3 is 0.913 bits per heavy atom. The average Bonchev–Trinajstić information content (AvgIpc) is 3.35. The number of carbonyl (C=O) groups is 1. The molecule has 6 nitrogen and oxygen atoms in total. The zero-order chi connectivity index (χ0) is 50.2. The van der Waals surface area contributed by atoms with E-state index < -0.39 is 36.9 Å². The Hall–Kier alpha value is -1.21. The zero-order valence-corrected chi connectivity index (χ0v) is 46.6. The van der Waals surface area contributed by atoms with Gasteiger partial charge < -0.3 is 25.7 Å². The predicted octanol–water partition coefficient (Wildman–Crippen LogP) is 18.6. The van der Waals surface area contributed by atoms with Gasteiger partial charge in [0.05, 0.1) is 18.8 Å². The number of amides is 1. The van der Waals surface area contributed by atoms with Gasteiger partial charge in [0.25, 0.3) is 0 Å². The molecule has 0 aliphatic carbocycles. The molecule has 0 heterocycles. The molecule has 0 rings (SSSR count). The van der Waals surface area contributed by atoms with Crippen molar-refractivity contribution in [2.75, 3.05) is 6.61 Å². The van der Waals surface area contributed by atoms with Crippen LogP contribution in [0.4, 0.5) is 0 Å². The summed E-state index contributed by atoms with van der Waals surface area (Å²) in [5, 5.41) is 44.0. The van der Waals surface area contributed by atoms with E-state index in [0.29, 0.717) is 19.3 Å². The molecule has 1 amide bonds. The summed E-state index contributed by atoms with van der Waals surface area (Å²) < 4.78 is 0. The molecule has 0 saturated carbocycles. The van der Waals surface area contributed by atoms with Crippen molar-refractivity contribution in [2.24, 2.45) is 0 Å². The average molecular weight is 975 g/mol. The summed E-state index contributed by atoms with van der Waals surface area (Å²) in [6.07, 6.45) is 71.4. The van der Waals surface area contributed by atoms with Crippen LogP contribution in [0.3, 0.4) is 0 Å². The Morgan fingerprint density at radius 1 is 0.348 bits per heavy atom. The van der Waals surface area contributed by atoms with Gasteiger partial charge in [0.15, 0.2) is 0 Å². The highest BCUT2D eigenvalue weighted by Crippen LogP contribution is 2.19. The van der Waals surface area contributed by atoms with Crippen LogP contribution in [0.15, 0.2) is 24.3 Å². The highest BCUT2D eigenvalue weighted by atomic mass is 16.3. The minimum atomic E-state index is -1.29. The maximum Gasteiger partial charge on any atom is 0.249 e. The molecule has 0 aliphatic rings. The van der Waals surface area contributed by atoms with E-state index in [1.54, 1.807) is 0 Å². The van der Waals surface area contributed by atoms with Crippen molar-refractivity contribution in [3.05, 3.63) is 24.3 Å². The summed E-state index contributed by atoms with van der Waals surface area (Å²) in [4.78, 5) is 12.6. The minimum absolute atomic E-state index is 0.365. The van der Waals surface area contributed by atoms with Crippen molar-refractivity contribution in [2.45, 2.75) is 366 Å². The number of unbranched alkanes of at least 4 members (excludes halogenated alkanes) is 45. The molecule has 0 aromatic carbocycles. The van der Waals surface area contributed by atoms with Crippen LogP contribution in [-0.2, 0) is 4.79 Å². The molecule has 69 heavy (non-hydrogen) atoms. The fraction of sp³-hybridized carbons (Fsp3) is 0.921. The van der Waals surface area contributed by atoms with Gasteiger partial charge in [0, 0.05) is 0 Å². The maximum absolute atomic E-state index is 12.6. The molecule has 0 bridgehead atoms. The Labute approximate surface area is 431 Å². The highest BCUT2D eigenvalue weighted by molar-refractivity contribution is 5.80. The van der Waals surface area contributed by atoms with Crippen LogP contribution in [0.5, 0.6) is 0 Å². The first-order valence-electron chi connectivity index (χ1n) is 31.2. The van der Waals surface area contributed by atoms with Crippen molar-refractivity contribution < 1.29 is 25.2 Å². The zero-order valence-electron chi connectivity index (χ0n) is 46.6. The summed E-state index contributed by atoms with van der Waals surface area (Å²) in [5.74, 6) is -0.591. The highest BCUT2D eigenvalue weighted by Gasteiger charge is 2.28. The Morgan fingerprint density at radius 2 is 0.609 bits per heavy atom. The van der Waals surface area contributed by atoms with Gasteiger partial charge in [0.1, 0.15) is 12.2 Å². The van der Waals surface area contributed by atoms with Gasteiger partial charge in [-0.1, -0.05) is 314 Å². The lowest BCUT2D eigenvalue weighted by atomic mass is 10.00. The SMILES string of the molecule is CCCCCCCCCCCCCCCCCCCCCCCC/C=C/CC/C=C/CCCC(O)C(O)C(CO)NC(=O)C(O)CCCCCCCCCCCCCCCCCCCCCCCC. The number of rotatable bonds is 58. The van der Waals surface area contributed by atoms with Crippen LogP contribution >= 0.6 is 0 Å². The normalized spacial score (nSPS) is 13.8. The van der Waals surface area contributed by atoms with E-state index in [4.69, 9.17) is 0 Å². The van der Waals surface area contributed by atoms with Gasteiger partial charge >= 0.3 is 0 Å². The quantitative estimate of drug-likeness (QED) is 0.0308. The van der Waals surface area contributed by atoms with Gasteiger partial charge in [-0.15, -0.1) is 0 Å². The van der Waals surface area contributed by atoms with E-state index in [9.17, 15) is 25.2 Å². The monoisotopic (exact) mass is 974 g/mol. The molecular formula is C63H123NO5. The molecular weight excluding hydrogens is 851 g/mol. The Bertz CT molecular complexity index is 1050. The van der Waals surface area contributed by atoms with Crippen LogP contribution in [0, 0.1) is 0 Å². The topological polar surface area (TPSA) is 110 Å². The first-order chi connectivity index (χ1) is 34.0. The largest absolute Gasteiger partial charge is 0.394 e. The fourth-order valence-electron chi connectivity index (χ4n) is 10.0. The van der Waals surface area contributed by atoms with E-state index in [0.717, 1.165) is 38.5 Å². The maximum atomic E-state index is 12.6. The van der Waals surface area contributed by atoms with Crippen molar-refractivity contribution >= 4 is 5.91 Å². The summed E-state index contributed by atoms with van der Waals surface area (Å²) >= 11 is 0. The fourth-order valence-corrected chi connectivity index (χ4v) is 10.0. The van der Waals surface area contributed by atoms with Gasteiger partial charge in [0.2, 0.25) is 5.91 Å². The van der Waals surface area contributed by atoms with E-state index in [1.807, 2.05) is 0 Å². The number of aliphatic hydroxyl groups excluding tert-OH is 4. The third-order valence-electron chi connectivity index (χ3n) is 14.9. The third-order valence-corrected chi connectivity index (χ3v) is 14.9. The van der Waals surface area contributed by atoms with Crippen molar-refractivity contribution in [3.63, 3.8) is 0 Å². The molecule has 0 aliphatic heterocycles. The second-order valence-corrected chi connectivity index (χ2v) is 21.7. The Kier molecular flexibility index (Phi) is 56.7. The molecule has 0 spiro atoms. The van der Waals surface area contributed by atoms with Gasteiger partial charge in [-0.25, -0.2) is 0 Å². The molecule has 4 unspecified atom stereocenters. The summed E-state index contributed by atoms with van der Waals surface area (Å²) in [6, 6.07) is -1.01. The minimum Gasteiger partial charge on any atom is -0.394 e. The van der Waals surface area contributed by atoms with Crippen LogP contribution in [-0.4, -0.2) is 57.3 Å². The van der Waals surface area contributed by atoms with Crippen LogP contribution in [0.1, 0.15) is 341 Å². The molecule has 6 heteroatoms. The molecule has 410 valence electrons. The molecule has 4 atom stereocenters. The summed E-state index contributed by atoms with van der Waals surface area (Å²) in [7, 11) is 0. The van der Waals surface area contributed by atoms with E-state index in [-0.39, 0.29) is 0 Å². The van der Waals surface area contributed by atoms with E-state index in [2.05, 4.69) is 43.5 Å². The third kappa shape index (κ3) is 51.5. The first kappa shape index (κ1) is 67.8. The lowest BCUT2D eigenvalue weighted by molar-refractivity contribution is -0.132. The van der Waals surface area contributed by atoms with Crippen LogP contribution in [0.25, 0.3) is 0 Å². The molecule has 5 N–H and O–H groups in total. The van der Waals surface area contributed by atoms with Crippen molar-refractivity contribution in [3.8, 4) is 0 Å². The number of aliphatic hydroxyl groups is 4. The number of hydrogen-bond donors (Lipinski definition) is 5. The van der Waals surface area contributed by atoms with Crippen LogP contribution < -0.4 is 5.32 Å². The molecule has 0 fully saturated rings. The number of carbonyl (C=O) groups excluding carboxylic acids is 1. The number of hydrogen-bond acceptors (Lipinski definition) is 5. The molecule has 0 radical (unpaired) electrons. The standard InChI is InChI=1S/C63H123NO5/c1-3-5-7-9-11-13-15-17-19-21-23-25-27-28-29-30-31-32-33-34-35-37-38-40-42-44-46-48-50-52-54-56-60(66)62(68)59(58-65)64-63(69)61(67)57-55-53-51-49-47-45-43-41-39-36-26-24-22-20-18-16-14-12-10-8-6-4-2/h40,42,48,50,59-62,65-68H,3-39,41,43-47,49,51-58H2,1-2H3,(H,64,69)/b42-40+,50-48+.